The predicted octanol–water partition coefficient (Wildman–Crippen LogP) is 3.21. The summed E-state index contributed by atoms with van der Waals surface area (Å²) in [6.45, 7) is 7.22. The highest BCUT2D eigenvalue weighted by molar-refractivity contribution is 14.0. The number of para-hydroxylation sites is 1. The summed E-state index contributed by atoms with van der Waals surface area (Å²) in [5.41, 5.74) is 0.373. The molecule has 2 N–H and O–H groups in total. The summed E-state index contributed by atoms with van der Waals surface area (Å²) in [5, 5.41) is 6.23. The number of guanidine groups is 1. The fourth-order valence-corrected chi connectivity index (χ4v) is 1.89. The Morgan fingerprint density at radius 2 is 1.88 bits per heavy atom. The van der Waals surface area contributed by atoms with Crippen molar-refractivity contribution in [2.75, 3.05) is 33.2 Å². The van der Waals surface area contributed by atoms with E-state index in [0.717, 1.165) is 13.1 Å². The van der Waals surface area contributed by atoms with Crippen molar-refractivity contribution in [2.45, 2.75) is 26.8 Å². The van der Waals surface area contributed by atoms with Crippen molar-refractivity contribution in [3.05, 3.63) is 29.8 Å². The number of likely N-dealkylation sites (N-methyl/N-ethyl adjacent to an activating group) is 1. The third kappa shape index (κ3) is 10.4. The van der Waals surface area contributed by atoms with Gasteiger partial charge in [0.25, 0.3) is 0 Å². The lowest BCUT2D eigenvalue weighted by molar-refractivity contribution is -0.274. The van der Waals surface area contributed by atoms with Crippen molar-refractivity contribution < 1.29 is 17.9 Å². The third-order valence-corrected chi connectivity index (χ3v) is 3.28. The average molecular weight is 474 g/mol. The summed E-state index contributed by atoms with van der Waals surface area (Å²) in [6.07, 6.45) is -4.71. The zero-order chi connectivity index (χ0) is 18.0. The maximum atomic E-state index is 12.4. The van der Waals surface area contributed by atoms with Crippen LogP contribution in [0.3, 0.4) is 0 Å². The van der Waals surface area contributed by atoms with Gasteiger partial charge in [-0.05, 0) is 26.6 Å². The minimum Gasteiger partial charge on any atom is -0.405 e. The van der Waals surface area contributed by atoms with Gasteiger partial charge in [-0.15, -0.1) is 37.1 Å². The highest BCUT2D eigenvalue weighted by Gasteiger charge is 2.31. The number of hydrogen-bond donors (Lipinski definition) is 2. The van der Waals surface area contributed by atoms with Gasteiger partial charge in [0, 0.05) is 25.2 Å². The van der Waals surface area contributed by atoms with Gasteiger partial charge in [0.05, 0.1) is 6.54 Å². The topological polar surface area (TPSA) is 48.9 Å². The summed E-state index contributed by atoms with van der Waals surface area (Å²) in [4.78, 5) is 6.47. The van der Waals surface area contributed by atoms with Crippen LogP contribution >= 0.6 is 24.0 Å². The minimum absolute atomic E-state index is 0. The lowest BCUT2D eigenvalue weighted by Crippen LogP contribution is -2.40. The molecule has 0 aromatic heterocycles. The second-order valence-corrected chi connectivity index (χ2v) is 5.17. The van der Waals surface area contributed by atoms with Crippen LogP contribution < -0.4 is 15.4 Å². The molecule has 5 nitrogen and oxygen atoms in total. The first-order valence-corrected chi connectivity index (χ1v) is 7.90. The van der Waals surface area contributed by atoms with E-state index in [4.69, 9.17) is 0 Å². The molecule has 0 atom stereocenters. The number of ether oxygens (including phenoxy) is 1. The number of aliphatic imine (C=N–C) groups is 1. The largest absolute Gasteiger partial charge is 0.573 e. The Morgan fingerprint density at radius 3 is 2.48 bits per heavy atom. The van der Waals surface area contributed by atoms with Crippen LogP contribution in [0, 0.1) is 0 Å². The van der Waals surface area contributed by atoms with Gasteiger partial charge < -0.3 is 20.3 Å². The van der Waals surface area contributed by atoms with Crippen LogP contribution in [0.4, 0.5) is 13.2 Å². The molecule has 0 aliphatic heterocycles. The first-order chi connectivity index (χ1) is 11.4. The Labute approximate surface area is 164 Å². The summed E-state index contributed by atoms with van der Waals surface area (Å²) in [7, 11) is 2.01. The Kier molecular flexibility index (Phi) is 11.6. The van der Waals surface area contributed by atoms with Crippen LogP contribution in [0.1, 0.15) is 19.4 Å². The van der Waals surface area contributed by atoms with Crippen molar-refractivity contribution in [1.29, 1.82) is 0 Å². The fourth-order valence-electron chi connectivity index (χ4n) is 1.89. The molecule has 0 unspecified atom stereocenters. The Hall–Kier alpha value is -1.23. The second-order valence-electron chi connectivity index (χ2n) is 5.17. The monoisotopic (exact) mass is 474 g/mol. The number of benzene rings is 1. The molecule has 1 aromatic rings. The molecule has 0 fully saturated rings. The summed E-state index contributed by atoms with van der Waals surface area (Å²) in [6, 6.07) is 6.01. The molecule has 0 aliphatic carbocycles. The van der Waals surface area contributed by atoms with Crippen molar-refractivity contribution in [3.63, 3.8) is 0 Å². The van der Waals surface area contributed by atoms with Crippen molar-refractivity contribution in [1.82, 2.24) is 15.5 Å². The van der Waals surface area contributed by atoms with Gasteiger partial charge in [-0.2, -0.15) is 0 Å². The zero-order valence-electron chi connectivity index (χ0n) is 14.7. The number of alkyl halides is 3. The van der Waals surface area contributed by atoms with E-state index in [1.165, 1.54) is 12.1 Å². The fraction of sp³-hybridized carbons (Fsp3) is 0.562. The third-order valence-electron chi connectivity index (χ3n) is 3.28. The van der Waals surface area contributed by atoms with E-state index < -0.39 is 6.36 Å². The molecule has 1 rings (SSSR count). The molecule has 0 spiro atoms. The number of hydrogen-bond acceptors (Lipinski definition) is 3. The Balaban J connectivity index is 0.00000576. The van der Waals surface area contributed by atoms with Crippen LogP contribution in [-0.2, 0) is 6.54 Å². The van der Waals surface area contributed by atoms with E-state index in [0.29, 0.717) is 24.6 Å². The van der Waals surface area contributed by atoms with Gasteiger partial charge in [-0.3, -0.25) is 0 Å². The molecule has 1 aromatic carbocycles. The van der Waals surface area contributed by atoms with Crippen LogP contribution in [0.15, 0.2) is 29.3 Å². The molecule has 0 amide bonds. The lowest BCUT2D eigenvalue weighted by Gasteiger charge is -2.16. The van der Waals surface area contributed by atoms with E-state index in [1.807, 2.05) is 14.0 Å². The zero-order valence-corrected chi connectivity index (χ0v) is 17.0. The molecular weight excluding hydrogens is 448 g/mol. The second kappa shape index (κ2) is 12.2. The summed E-state index contributed by atoms with van der Waals surface area (Å²) < 4.78 is 41.3. The molecule has 0 saturated heterocycles. The van der Waals surface area contributed by atoms with Gasteiger partial charge >= 0.3 is 6.36 Å². The maximum absolute atomic E-state index is 12.4. The smallest absolute Gasteiger partial charge is 0.405 e. The first kappa shape index (κ1) is 23.8. The molecular formula is C16H26F3IN4O. The van der Waals surface area contributed by atoms with Crippen LogP contribution in [0.2, 0.25) is 0 Å². The Bertz CT molecular complexity index is 526. The van der Waals surface area contributed by atoms with E-state index in [1.54, 1.807) is 12.1 Å². The molecule has 0 bridgehead atoms. The Morgan fingerprint density at radius 1 is 1.20 bits per heavy atom. The summed E-state index contributed by atoms with van der Waals surface area (Å²) >= 11 is 0. The van der Waals surface area contributed by atoms with Crippen molar-refractivity contribution in [3.8, 4) is 5.75 Å². The van der Waals surface area contributed by atoms with E-state index >= 15 is 0 Å². The van der Waals surface area contributed by atoms with Gasteiger partial charge in [0.1, 0.15) is 5.75 Å². The molecule has 0 aliphatic rings. The molecule has 9 heteroatoms. The molecule has 144 valence electrons. The quantitative estimate of drug-likeness (QED) is 0.345. The van der Waals surface area contributed by atoms with Gasteiger partial charge in [-0.1, -0.05) is 25.1 Å². The molecule has 25 heavy (non-hydrogen) atoms. The molecule has 0 saturated carbocycles. The standard InChI is InChI=1S/C16H25F3N4O.HI/c1-4-20-15(21-10-11-23(3)5-2)22-12-13-8-6-7-9-14(13)24-16(17,18)19;/h6-9H,4-5,10-12H2,1-3H3,(H2,20,21,22);1H. The highest BCUT2D eigenvalue weighted by atomic mass is 127. The van der Waals surface area contributed by atoms with Crippen LogP contribution in [0.5, 0.6) is 5.75 Å². The average Bonchev–Trinajstić information content (AvgIpc) is 2.52. The van der Waals surface area contributed by atoms with E-state index in [-0.39, 0.29) is 36.3 Å². The number of rotatable bonds is 8. The van der Waals surface area contributed by atoms with Gasteiger partial charge in [0.2, 0.25) is 0 Å². The highest BCUT2D eigenvalue weighted by Crippen LogP contribution is 2.26. The van der Waals surface area contributed by atoms with E-state index in [2.05, 4.69) is 32.2 Å². The van der Waals surface area contributed by atoms with Gasteiger partial charge in [0.15, 0.2) is 5.96 Å². The molecule has 0 heterocycles. The minimum atomic E-state index is -4.71. The number of halogens is 4. The normalized spacial score (nSPS) is 11.9. The van der Waals surface area contributed by atoms with Crippen molar-refractivity contribution in [2.24, 2.45) is 4.99 Å². The number of nitrogens with zero attached hydrogens (tertiary/aromatic N) is 2. The number of nitrogens with one attached hydrogen (secondary N) is 2. The maximum Gasteiger partial charge on any atom is 0.573 e. The van der Waals surface area contributed by atoms with E-state index in [9.17, 15) is 13.2 Å². The van der Waals surface area contributed by atoms with Crippen molar-refractivity contribution >= 4 is 29.9 Å². The van der Waals surface area contributed by atoms with Gasteiger partial charge in [-0.25, -0.2) is 4.99 Å². The first-order valence-electron chi connectivity index (χ1n) is 7.90. The summed E-state index contributed by atoms with van der Waals surface area (Å²) in [5.74, 6) is 0.333. The van der Waals surface area contributed by atoms with Crippen LogP contribution in [0.25, 0.3) is 0 Å². The molecule has 0 radical (unpaired) electrons. The SMILES string of the molecule is CCNC(=NCc1ccccc1OC(F)(F)F)NCCN(C)CC.I. The lowest BCUT2D eigenvalue weighted by atomic mass is 10.2. The van der Waals surface area contributed by atoms with Crippen LogP contribution in [-0.4, -0.2) is 50.4 Å². The predicted molar refractivity (Wildman–Crippen MR) is 105 cm³/mol.